The van der Waals surface area contributed by atoms with Crippen molar-refractivity contribution in [2.45, 2.75) is 0 Å². The Morgan fingerprint density at radius 2 is 1.00 bits per heavy atom. The van der Waals surface area contributed by atoms with Gasteiger partial charge in [-0.1, -0.05) is 103 Å². The molecule has 3 heteroatoms. The smallest absolute Gasteiger partial charge is 0.143 e. The molecule has 0 aliphatic rings. The second-order valence-corrected chi connectivity index (χ2v) is 11.7. The highest BCUT2D eigenvalue weighted by Crippen LogP contribution is 2.40. The van der Waals surface area contributed by atoms with Gasteiger partial charge in [0.25, 0.3) is 0 Å². The zero-order valence-electron chi connectivity index (χ0n) is 24.2. The maximum Gasteiger partial charge on any atom is 0.143 e. The summed E-state index contributed by atoms with van der Waals surface area (Å²) >= 11 is 0. The first-order valence-electron chi connectivity index (χ1n) is 15.3. The van der Waals surface area contributed by atoms with Gasteiger partial charge < -0.3 is 13.4 Å². The molecule has 0 radical (unpaired) electrons. The number of benzene rings is 7. The van der Waals surface area contributed by atoms with E-state index in [0.29, 0.717) is 0 Å². The molecule has 0 aliphatic carbocycles. The molecule has 7 aromatic carbocycles. The molecule has 0 saturated heterocycles. The summed E-state index contributed by atoms with van der Waals surface area (Å²) < 4.78 is 15.1. The highest BCUT2D eigenvalue weighted by molar-refractivity contribution is 6.17. The fourth-order valence-electron chi connectivity index (χ4n) is 7.13. The lowest BCUT2D eigenvalue weighted by molar-refractivity contribution is 0.669. The number of hydrogen-bond acceptors (Lipinski definition) is 2. The minimum Gasteiger partial charge on any atom is -0.456 e. The van der Waals surface area contributed by atoms with Crippen LogP contribution in [0.2, 0.25) is 0 Å². The fourth-order valence-corrected chi connectivity index (χ4v) is 7.13. The van der Waals surface area contributed by atoms with Gasteiger partial charge in [0.1, 0.15) is 22.3 Å². The van der Waals surface area contributed by atoms with Crippen LogP contribution in [0.3, 0.4) is 0 Å². The Kier molecular flexibility index (Phi) is 5.00. The molecule has 0 amide bonds. The first-order chi connectivity index (χ1) is 22.3. The molecule has 0 aliphatic heterocycles. The molecular formula is C42H25NO2. The number of nitrogens with zero attached hydrogens (tertiary/aromatic N) is 1. The Bertz CT molecular complexity index is 2770. The van der Waals surface area contributed by atoms with Gasteiger partial charge in [-0.3, -0.25) is 0 Å². The number of para-hydroxylation sites is 4. The number of fused-ring (bicyclic) bond motifs is 9. The lowest BCUT2D eigenvalue weighted by Gasteiger charge is -2.11. The Labute approximate surface area is 258 Å². The SMILES string of the molecule is c1cc(-c2cccc(-n3c4ccccc4c4cc5c(cc43)oc3ccccc35)c2)cc(-c2cccc3c2oc2ccccc23)c1. The predicted octanol–water partition coefficient (Wildman–Crippen LogP) is 11.9. The molecule has 0 atom stereocenters. The van der Waals surface area contributed by atoms with Gasteiger partial charge in [0.05, 0.1) is 11.0 Å². The van der Waals surface area contributed by atoms with Gasteiger partial charge in [-0.25, -0.2) is 0 Å². The van der Waals surface area contributed by atoms with Crippen LogP contribution in [0.1, 0.15) is 0 Å². The molecule has 3 aromatic heterocycles. The Balaban J connectivity index is 1.15. The maximum absolute atomic E-state index is 6.37. The highest BCUT2D eigenvalue weighted by Gasteiger charge is 2.17. The zero-order valence-corrected chi connectivity index (χ0v) is 24.2. The molecule has 3 nitrogen and oxygen atoms in total. The van der Waals surface area contributed by atoms with Crippen molar-refractivity contribution in [3.05, 3.63) is 152 Å². The van der Waals surface area contributed by atoms with E-state index in [1.807, 2.05) is 24.3 Å². The van der Waals surface area contributed by atoms with Crippen molar-refractivity contribution in [2.75, 3.05) is 0 Å². The summed E-state index contributed by atoms with van der Waals surface area (Å²) in [6.45, 7) is 0. The van der Waals surface area contributed by atoms with E-state index in [1.165, 1.54) is 16.3 Å². The van der Waals surface area contributed by atoms with Crippen molar-refractivity contribution < 1.29 is 8.83 Å². The summed E-state index contributed by atoms with van der Waals surface area (Å²) in [5.41, 5.74) is 11.6. The summed E-state index contributed by atoms with van der Waals surface area (Å²) in [4.78, 5) is 0. The van der Waals surface area contributed by atoms with Crippen LogP contribution in [-0.4, -0.2) is 4.57 Å². The predicted molar refractivity (Wildman–Crippen MR) is 186 cm³/mol. The minimum atomic E-state index is 0.899. The quantitative estimate of drug-likeness (QED) is 0.210. The first kappa shape index (κ1) is 24.4. The topological polar surface area (TPSA) is 31.2 Å². The van der Waals surface area contributed by atoms with E-state index in [4.69, 9.17) is 8.83 Å². The van der Waals surface area contributed by atoms with Crippen molar-refractivity contribution in [3.8, 4) is 27.9 Å². The van der Waals surface area contributed by atoms with E-state index >= 15 is 0 Å². The van der Waals surface area contributed by atoms with Gasteiger partial charge in [0.15, 0.2) is 0 Å². The lowest BCUT2D eigenvalue weighted by atomic mass is 9.97. The number of aromatic nitrogens is 1. The monoisotopic (exact) mass is 575 g/mol. The molecule has 0 spiro atoms. The number of hydrogen-bond donors (Lipinski definition) is 0. The molecule has 10 aromatic rings. The fraction of sp³-hybridized carbons (Fsp3) is 0. The third kappa shape index (κ3) is 3.58. The third-order valence-corrected chi connectivity index (χ3v) is 9.19. The van der Waals surface area contributed by atoms with E-state index in [2.05, 4.69) is 132 Å². The summed E-state index contributed by atoms with van der Waals surface area (Å²) in [5.74, 6) is 0. The van der Waals surface area contributed by atoms with E-state index in [0.717, 1.165) is 77.3 Å². The van der Waals surface area contributed by atoms with Gasteiger partial charge in [-0.15, -0.1) is 0 Å². The van der Waals surface area contributed by atoms with Crippen LogP contribution in [0.25, 0.3) is 93.6 Å². The van der Waals surface area contributed by atoms with Crippen molar-refractivity contribution in [3.63, 3.8) is 0 Å². The largest absolute Gasteiger partial charge is 0.456 e. The van der Waals surface area contributed by atoms with E-state index < -0.39 is 0 Å². The van der Waals surface area contributed by atoms with Crippen molar-refractivity contribution in [1.29, 1.82) is 0 Å². The van der Waals surface area contributed by atoms with Gasteiger partial charge in [0.2, 0.25) is 0 Å². The maximum atomic E-state index is 6.37. The molecule has 10 rings (SSSR count). The molecule has 45 heavy (non-hydrogen) atoms. The molecule has 210 valence electrons. The Morgan fingerprint density at radius 1 is 0.356 bits per heavy atom. The average molecular weight is 576 g/mol. The van der Waals surface area contributed by atoms with Gasteiger partial charge in [-0.05, 0) is 59.2 Å². The first-order valence-corrected chi connectivity index (χ1v) is 15.3. The van der Waals surface area contributed by atoms with Crippen LogP contribution in [0.5, 0.6) is 0 Å². The Morgan fingerprint density at radius 3 is 1.87 bits per heavy atom. The standard InChI is InChI=1S/C42H25NO2/c1-4-19-37-31(14-1)35-24-36-33-16-3-5-20-39(33)44-41(36)25-38(35)43(37)29-13-8-11-27(23-29)26-10-7-12-28(22-26)30-17-9-18-34-32-15-2-6-21-40(32)45-42(30)34/h1-25H. The molecule has 0 bridgehead atoms. The van der Waals surface area contributed by atoms with Crippen LogP contribution in [0.4, 0.5) is 0 Å². The van der Waals surface area contributed by atoms with Gasteiger partial charge >= 0.3 is 0 Å². The molecule has 0 N–H and O–H groups in total. The Hall–Kier alpha value is -6.06. The summed E-state index contributed by atoms with van der Waals surface area (Å²) in [7, 11) is 0. The highest BCUT2D eigenvalue weighted by atomic mass is 16.3. The summed E-state index contributed by atoms with van der Waals surface area (Å²) in [5, 5.41) is 7.02. The van der Waals surface area contributed by atoms with Crippen LogP contribution >= 0.6 is 0 Å². The van der Waals surface area contributed by atoms with Crippen molar-refractivity contribution in [2.24, 2.45) is 0 Å². The molecular weight excluding hydrogens is 550 g/mol. The summed E-state index contributed by atoms with van der Waals surface area (Å²) in [6, 6.07) is 53.7. The third-order valence-electron chi connectivity index (χ3n) is 9.19. The van der Waals surface area contributed by atoms with Gasteiger partial charge in [0, 0.05) is 49.6 Å². The molecule has 0 saturated carbocycles. The normalized spacial score (nSPS) is 12.0. The van der Waals surface area contributed by atoms with E-state index in [9.17, 15) is 0 Å². The van der Waals surface area contributed by atoms with Gasteiger partial charge in [-0.2, -0.15) is 0 Å². The van der Waals surface area contributed by atoms with Crippen LogP contribution in [-0.2, 0) is 0 Å². The van der Waals surface area contributed by atoms with Crippen molar-refractivity contribution in [1.82, 2.24) is 4.57 Å². The molecule has 0 unspecified atom stereocenters. The second kappa shape index (κ2) is 9.22. The van der Waals surface area contributed by atoms with Crippen LogP contribution in [0.15, 0.2) is 160 Å². The zero-order chi connectivity index (χ0) is 29.5. The number of furan rings is 2. The van der Waals surface area contributed by atoms with Crippen LogP contribution < -0.4 is 0 Å². The lowest BCUT2D eigenvalue weighted by Crippen LogP contribution is -1.94. The molecule has 0 fully saturated rings. The average Bonchev–Trinajstić information content (AvgIpc) is 3.76. The van der Waals surface area contributed by atoms with Crippen LogP contribution in [0, 0.1) is 0 Å². The number of rotatable bonds is 3. The van der Waals surface area contributed by atoms with E-state index in [1.54, 1.807) is 0 Å². The van der Waals surface area contributed by atoms with Crippen molar-refractivity contribution >= 4 is 65.7 Å². The minimum absolute atomic E-state index is 0.899. The second-order valence-electron chi connectivity index (χ2n) is 11.7. The molecule has 3 heterocycles. The summed E-state index contributed by atoms with van der Waals surface area (Å²) in [6.07, 6.45) is 0. The van der Waals surface area contributed by atoms with E-state index in [-0.39, 0.29) is 0 Å².